The van der Waals surface area contributed by atoms with E-state index < -0.39 is 5.92 Å². The van der Waals surface area contributed by atoms with Crippen LogP contribution in [0.4, 0.5) is 0 Å². The standard InChI is InChI=1S/C27H22N4O2S/c1-17-8-12-20(13-9-17)31-26-24(30(27(31)32)19-6-4-3-5-7-19)23(22(16-28)25(29)34-26)18-10-14-21(33-2)15-11-18/h3-15,23H,29H2,1-2H3. The minimum atomic E-state index is -0.508. The molecule has 6 nitrogen and oxygen atoms in total. The van der Waals surface area contributed by atoms with Crippen LogP contribution in [0.25, 0.3) is 11.4 Å². The zero-order valence-corrected chi connectivity index (χ0v) is 19.5. The quantitative estimate of drug-likeness (QED) is 0.463. The zero-order chi connectivity index (χ0) is 23.8. The maximum Gasteiger partial charge on any atom is 0.338 e. The molecule has 3 aromatic carbocycles. The number of thioether (sulfide) groups is 1. The first-order valence-electron chi connectivity index (χ1n) is 10.7. The van der Waals surface area contributed by atoms with Crippen molar-refractivity contribution in [1.82, 2.24) is 9.13 Å². The van der Waals surface area contributed by atoms with Gasteiger partial charge in [-0.3, -0.25) is 9.13 Å². The Morgan fingerprint density at radius 1 is 0.941 bits per heavy atom. The second-order valence-corrected chi connectivity index (χ2v) is 9.04. The number of benzene rings is 3. The van der Waals surface area contributed by atoms with E-state index in [-0.39, 0.29) is 5.69 Å². The zero-order valence-electron chi connectivity index (χ0n) is 18.7. The Balaban J connectivity index is 1.86. The molecule has 168 valence electrons. The first-order chi connectivity index (χ1) is 16.5. The third kappa shape index (κ3) is 3.49. The van der Waals surface area contributed by atoms with Crippen LogP contribution in [0.3, 0.4) is 0 Å². The van der Waals surface area contributed by atoms with Crippen molar-refractivity contribution in [1.29, 1.82) is 5.26 Å². The van der Waals surface area contributed by atoms with Gasteiger partial charge in [0.2, 0.25) is 0 Å². The lowest BCUT2D eigenvalue weighted by Crippen LogP contribution is -2.24. The number of aryl methyl sites for hydroxylation is 1. The predicted molar refractivity (Wildman–Crippen MR) is 134 cm³/mol. The number of methoxy groups -OCH3 is 1. The predicted octanol–water partition coefficient (Wildman–Crippen LogP) is 4.88. The number of hydrogen-bond donors (Lipinski definition) is 1. The van der Waals surface area contributed by atoms with E-state index in [1.54, 1.807) is 16.2 Å². The maximum absolute atomic E-state index is 14.0. The van der Waals surface area contributed by atoms with Gasteiger partial charge in [-0.15, -0.1) is 0 Å². The summed E-state index contributed by atoms with van der Waals surface area (Å²) in [6, 6.07) is 27.1. The minimum absolute atomic E-state index is 0.210. The van der Waals surface area contributed by atoms with Crippen molar-refractivity contribution in [2.45, 2.75) is 17.9 Å². The summed E-state index contributed by atoms with van der Waals surface area (Å²) in [5.74, 6) is 0.203. The van der Waals surface area contributed by atoms with Gasteiger partial charge in [-0.1, -0.05) is 59.8 Å². The lowest BCUT2D eigenvalue weighted by molar-refractivity contribution is 0.414. The molecule has 4 aromatic rings. The molecule has 1 aliphatic heterocycles. The highest BCUT2D eigenvalue weighted by atomic mass is 32.2. The molecular weight excluding hydrogens is 444 g/mol. The van der Waals surface area contributed by atoms with Gasteiger partial charge in [0.25, 0.3) is 0 Å². The van der Waals surface area contributed by atoms with Crippen LogP contribution in [0.1, 0.15) is 22.7 Å². The molecule has 0 saturated carbocycles. The number of nitrogens with two attached hydrogens (primary N) is 1. The summed E-state index contributed by atoms with van der Waals surface area (Å²) in [6.07, 6.45) is 0. The van der Waals surface area contributed by atoms with Gasteiger partial charge < -0.3 is 10.5 Å². The number of fused-ring (bicyclic) bond motifs is 1. The van der Waals surface area contributed by atoms with Crippen LogP contribution >= 0.6 is 11.8 Å². The van der Waals surface area contributed by atoms with E-state index in [4.69, 9.17) is 10.5 Å². The number of nitrogens with zero attached hydrogens (tertiary/aromatic N) is 3. The number of ether oxygens (including phenoxy) is 1. The van der Waals surface area contributed by atoms with Gasteiger partial charge in [0.1, 0.15) is 10.8 Å². The van der Waals surface area contributed by atoms with Gasteiger partial charge in [0.15, 0.2) is 0 Å². The van der Waals surface area contributed by atoms with Crippen LogP contribution in [0, 0.1) is 18.3 Å². The van der Waals surface area contributed by atoms with Crippen molar-refractivity contribution in [3.05, 3.63) is 117 Å². The molecule has 0 fully saturated rings. The molecule has 2 N–H and O–H groups in total. The lowest BCUT2D eigenvalue weighted by Gasteiger charge is -2.25. The van der Waals surface area contributed by atoms with Crippen molar-refractivity contribution in [3.63, 3.8) is 0 Å². The molecule has 5 rings (SSSR count). The molecule has 2 heterocycles. The highest BCUT2D eigenvalue weighted by molar-refractivity contribution is 8.03. The average molecular weight is 467 g/mol. The van der Waals surface area contributed by atoms with Crippen LogP contribution in [-0.2, 0) is 0 Å². The Morgan fingerprint density at radius 3 is 2.21 bits per heavy atom. The Labute approximate surface area is 201 Å². The van der Waals surface area contributed by atoms with E-state index >= 15 is 0 Å². The van der Waals surface area contributed by atoms with E-state index in [1.807, 2.05) is 85.8 Å². The molecule has 0 bridgehead atoms. The van der Waals surface area contributed by atoms with Gasteiger partial charge in [0, 0.05) is 0 Å². The number of aromatic nitrogens is 2. The molecule has 7 heteroatoms. The highest BCUT2D eigenvalue weighted by Crippen LogP contribution is 2.47. The summed E-state index contributed by atoms with van der Waals surface area (Å²) in [7, 11) is 1.61. The van der Waals surface area contributed by atoms with Gasteiger partial charge in [-0.25, -0.2) is 4.79 Å². The molecule has 34 heavy (non-hydrogen) atoms. The molecule has 0 radical (unpaired) electrons. The van der Waals surface area contributed by atoms with Crippen molar-refractivity contribution < 1.29 is 4.74 Å². The van der Waals surface area contributed by atoms with E-state index in [0.717, 1.165) is 28.2 Å². The second-order valence-electron chi connectivity index (χ2n) is 8.01. The van der Waals surface area contributed by atoms with Gasteiger partial charge in [-0.2, -0.15) is 5.26 Å². The van der Waals surface area contributed by atoms with Crippen molar-refractivity contribution in [2.75, 3.05) is 7.11 Å². The van der Waals surface area contributed by atoms with Gasteiger partial charge >= 0.3 is 5.69 Å². The Hall–Kier alpha value is -4.15. The van der Waals surface area contributed by atoms with Gasteiger partial charge in [0.05, 0.1) is 46.8 Å². The molecule has 1 aliphatic rings. The molecule has 0 saturated heterocycles. The number of hydrogen-bond acceptors (Lipinski definition) is 5. The largest absolute Gasteiger partial charge is 0.497 e. The molecular formula is C27H22N4O2S. The summed E-state index contributed by atoms with van der Waals surface area (Å²) in [4.78, 5) is 14.0. The van der Waals surface area contributed by atoms with Gasteiger partial charge in [-0.05, 0) is 48.9 Å². The Kier molecular flexibility index (Phi) is 5.52. The summed E-state index contributed by atoms with van der Waals surface area (Å²) >= 11 is 1.26. The summed E-state index contributed by atoms with van der Waals surface area (Å²) < 4.78 is 8.70. The molecule has 0 aliphatic carbocycles. The smallest absolute Gasteiger partial charge is 0.338 e. The Morgan fingerprint density at radius 2 is 1.59 bits per heavy atom. The van der Waals surface area contributed by atoms with E-state index in [2.05, 4.69) is 6.07 Å². The fourth-order valence-corrected chi connectivity index (χ4v) is 5.35. The third-order valence-corrected chi connectivity index (χ3v) is 6.98. The van der Waals surface area contributed by atoms with Crippen molar-refractivity contribution in [3.8, 4) is 23.2 Å². The molecule has 1 unspecified atom stereocenters. The van der Waals surface area contributed by atoms with E-state index in [0.29, 0.717) is 21.4 Å². The molecule has 0 spiro atoms. The van der Waals surface area contributed by atoms with Crippen LogP contribution in [-0.4, -0.2) is 16.2 Å². The fourth-order valence-electron chi connectivity index (χ4n) is 4.28. The van der Waals surface area contributed by atoms with Crippen LogP contribution in [0.2, 0.25) is 0 Å². The first-order valence-corrected chi connectivity index (χ1v) is 11.6. The Bertz CT molecular complexity index is 1490. The number of para-hydroxylation sites is 1. The highest BCUT2D eigenvalue weighted by Gasteiger charge is 2.37. The van der Waals surface area contributed by atoms with E-state index in [9.17, 15) is 10.1 Å². The van der Waals surface area contributed by atoms with Crippen LogP contribution < -0.4 is 16.2 Å². The molecule has 1 aromatic heterocycles. The molecule has 0 amide bonds. The maximum atomic E-state index is 14.0. The number of imidazole rings is 1. The fraction of sp³-hybridized carbons (Fsp3) is 0.111. The third-order valence-electron chi connectivity index (χ3n) is 5.96. The summed E-state index contributed by atoms with van der Waals surface area (Å²) in [5.41, 5.74) is 10.8. The monoisotopic (exact) mass is 466 g/mol. The first kappa shape index (κ1) is 21.7. The average Bonchev–Trinajstić information content (AvgIpc) is 3.15. The minimum Gasteiger partial charge on any atom is -0.497 e. The van der Waals surface area contributed by atoms with E-state index in [1.165, 1.54) is 11.8 Å². The summed E-state index contributed by atoms with van der Waals surface area (Å²) in [6.45, 7) is 2.01. The molecule has 1 atom stereocenters. The van der Waals surface area contributed by atoms with Crippen LogP contribution in [0.5, 0.6) is 5.75 Å². The van der Waals surface area contributed by atoms with Crippen molar-refractivity contribution >= 4 is 11.8 Å². The van der Waals surface area contributed by atoms with Crippen LogP contribution in [0.15, 0.2) is 99.3 Å². The number of allylic oxidation sites excluding steroid dienone is 1. The topological polar surface area (TPSA) is 86.0 Å². The SMILES string of the molecule is COc1ccc(C2C(C#N)=C(N)Sc3c2n(-c2ccccc2)c(=O)n3-c2ccc(C)cc2)cc1. The lowest BCUT2D eigenvalue weighted by atomic mass is 9.88. The number of nitriles is 1. The second kappa shape index (κ2) is 8.65. The number of rotatable bonds is 4. The summed E-state index contributed by atoms with van der Waals surface area (Å²) in [5, 5.41) is 11.2. The normalized spacial score (nSPS) is 15.0. The van der Waals surface area contributed by atoms with Crippen molar-refractivity contribution in [2.24, 2.45) is 5.73 Å².